The number of aliphatic hydroxyl groups excluding tert-OH is 1. The number of anilines is 2. The third-order valence-electron chi connectivity index (χ3n) is 14.2. The zero-order valence-electron chi connectivity index (χ0n) is 49.6. The van der Waals surface area contributed by atoms with Gasteiger partial charge < -0.3 is 39.6 Å². The lowest BCUT2D eigenvalue weighted by atomic mass is 10.1. The smallest absolute Gasteiger partial charge is 0.274 e. The number of rotatable bonds is 29. The molecule has 0 unspecified atom stereocenters. The number of pyridine rings is 2. The van der Waals surface area contributed by atoms with Crippen LogP contribution >= 0.6 is 43.2 Å². The molecule has 2 aliphatic rings. The number of aromatic nitrogens is 10. The van der Waals surface area contributed by atoms with Gasteiger partial charge in [-0.3, -0.25) is 39.0 Å². The van der Waals surface area contributed by atoms with Crippen LogP contribution in [0.3, 0.4) is 0 Å². The van der Waals surface area contributed by atoms with Gasteiger partial charge in [0.05, 0.1) is 71.8 Å². The fraction of sp³-hybridized carbons (Fsp3) is 0.424. The molecule has 0 saturated carbocycles. The summed E-state index contributed by atoms with van der Waals surface area (Å²) in [5, 5.41) is 40.1. The van der Waals surface area contributed by atoms with E-state index in [2.05, 4.69) is 76.2 Å². The minimum atomic E-state index is -0.644. The highest BCUT2D eigenvalue weighted by molar-refractivity contribution is 8.77. The van der Waals surface area contributed by atoms with Crippen molar-refractivity contribution >= 4 is 100 Å². The molecule has 0 bridgehead atoms. The molecule has 89 heavy (non-hydrogen) atoms. The predicted molar refractivity (Wildman–Crippen MR) is 343 cm³/mol. The van der Waals surface area contributed by atoms with Crippen LogP contribution in [0.15, 0.2) is 133 Å². The van der Waals surface area contributed by atoms with E-state index in [-0.39, 0.29) is 55.2 Å². The second-order valence-corrected chi connectivity index (χ2v) is 24.8. The molecule has 3 N–H and O–H groups in total. The molecule has 0 spiro atoms. The van der Waals surface area contributed by atoms with Crippen LogP contribution in [0.2, 0.25) is 0 Å². The van der Waals surface area contributed by atoms with E-state index in [4.69, 9.17) is 18.9 Å². The molecular weight excluding hydrogens is 1220 g/mol. The number of benzene rings is 2. The van der Waals surface area contributed by atoms with Crippen LogP contribution in [0.1, 0.15) is 96.2 Å². The van der Waals surface area contributed by atoms with Gasteiger partial charge in [-0.25, -0.2) is 39.9 Å². The van der Waals surface area contributed by atoms with Crippen molar-refractivity contribution in [1.29, 1.82) is 0 Å². The maximum atomic E-state index is 12.6. The van der Waals surface area contributed by atoms with Gasteiger partial charge in [0.1, 0.15) is 41.3 Å². The van der Waals surface area contributed by atoms with Gasteiger partial charge in [0, 0.05) is 61.7 Å². The number of nitro groups is 2. The Morgan fingerprint density at radius 1 is 0.618 bits per heavy atom. The molecule has 0 aliphatic carbocycles. The lowest BCUT2D eigenvalue weighted by Gasteiger charge is -2.17. The fourth-order valence-electron chi connectivity index (χ4n) is 9.58. The number of nitrogens with zero attached hydrogens (tertiary/aromatic N) is 13. The standard InChI is InChI=1S/C27H29N7O5S2.C26H27N7O6S2.C6H15N/c1-2-20-21(38-15-18-8-3-4-9-19(18)34(36)37)14-24(39-20)33-17-31-25-26(29-16-30-27(25)33)32-22(35)10-7-13-40-41-23-11-5-6-12-28-23;34-13-20-19(38-14-17-6-1-2-7-18(17)33(36)37)12-23(39-20)32-16-30-24-25(28-15-29-26(24)32)31-21(35)8-5-11-40-41-22-9-3-4-10-27-22;1-4-7(5-2)6-3/h3-6,8-9,11-12,16-17,20-21,24H,2,7,10,13-15H2,1H3,(H,29,30,32,35);1-4,6-7,9-10,15-16,19-20,23,34H,5,8,11-14H2,(H,28,29,31,35);4-6H2,1-3H3/t20-,21-,24-;19-,20-,23-;/m11./s1. The average molecular weight is 1290 g/mol. The van der Waals surface area contributed by atoms with Crippen molar-refractivity contribution in [3.05, 3.63) is 154 Å². The summed E-state index contributed by atoms with van der Waals surface area (Å²) < 4.78 is 27.9. The van der Waals surface area contributed by atoms with Crippen molar-refractivity contribution < 1.29 is 43.5 Å². The monoisotopic (exact) mass is 1290 g/mol. The van der Waals surface area contributed by atoms with E-state index in [9.17, 15) is 34.9 Å². The van der Waals surface area contributed by atoms with Crippen LogP contribution < -0.4 is 10.6 Å². The van der Waals surface area contributed by atoms with Crippen molar-refractivity contribution in [2.75, 3.05) is 48.4 Å². The summed E-state index contributed by atoms with van der Waals surface area (Å²) in [6, 6.07) is 24.4. The second kappa shape index (κ2) is 35.2. The van der Waals surface area contributed by atoms with Crippen molar-refractivity contribution in [3.63, 3.8) is 0 Å². The lowest BCUT2D eigenvalue weighted by Crippen LogP contribution is -2.27. The number of nitrogens with one attached hydrogen (secondary N) is 2. The van der Waals surface area contributed by atoms with Crippen LogP contribution in [-0.2, 0) is 41.8 Å². The van der Waals surface area contributed by atoms with Crippen LogP contribution in [0.5, 0.6) is 0 Å². The van der Waals surface area contributed by atoms with Gasteiger partial charge in [-0.1, -0.05) is 85.7 Å². The van der Waals surface area contributed by atoms with E-state index in [1.54, 1.807) is 109 Å². The molecule has 26 nitrogen and oxygen atoms in total. The number of aliphatic hydroxyl groups is 1. The number of ether oxygens (including phenoxy) is 4. The Morgan fingerprint density at radius 2 is 1.06 bits per heavy atom. The van der Waals surface area contributed by atoms with Gasteiger partial charge in [-0.15, -0.1) is 0 Å². The number of imidazole rings is 2. The molecule has 8 aromatic rings. The van der Waals surface area contributed by atoms with Crippen molar-refractivity contribution in [2.24, 2.45) is 0 Å². The number of nitro benzene ring substituents is 2. The molecule has 472 valence electrons. The molecule has 6 aromatic heterocycles. The maximum absolute atomic E-state index is 12.6. The Bertz CT molecular complexity index is 3310. The highest BCUT2D eigenvalue weighted by Gasteiger charge is 2.39. The van der Waals surface area contributed by atoms with Crippen molar-refractivity contribution in [3.8, 4) is 0 Å². The number of carbonyl (C=O) groups excluding carboxylic acids is 2. The predicted octanol–water partition coefficient (Wildman–Crippen LogP) is 11.1. The summed E-state index contributed by atoms with van der Waals surface area (Å²) in [7, 11) is 6.47. The van der Waals surface area contributed by atoms with Gasteiger partial charge in [-0.2, -0.15) is 0 Å². The van der Waals surface area contributed by atoms with Gasteiger partial charge in [0.25, 0.3) is 11.4 Å². The van der Waals surface area contributed by atoms with Gasteiger partial charge >= 0.3 is 0 Å². The molecular formula is C59H71N15O11S4. The quantitative estimate of drug-likeness (QED) is 0.0170. The molecule has 8 heterocycles. The van der Waals surface area contributed by atoms with Crippen LogP contribution in [0, 0.1) is 20.2 Å². The molecule has 10 rings (SSSR count). The van der Waals surface area contributed by atoms with Crippen LogP contribution in [0.25, 0.3) is 22.3 Å². The molecule has 30 heteroatoms. The zero-order chi connectivity index (χ0) is 62.9. The first-order valence-corrected chi connectivity index (χ1v) is 33.7. The molecule has 0 radical (unpaired) electrons. The third kappa shape index (κ3) is 19.4. The molecule has 6 atom stereocenters. The Kier molecular flexibility index (Phi) is 26.8. The molecule has 2 fully saturated rings. The van der Waals surface area contributed by atoms with Crippen molar-refractivity contribution in [1.82, 2.24) is 53.9 Å². The minimum Gasteiger partial charge on any atom is -0.394 e. The highest BCUT2D eigenvalue weighted by atomic mass is 33.1. The largest absolute Gasteiger partial charge is 0.394 e. The van der Waals surface area contributed by atoms with E-state index in [0.717, 1.165) is 21.6 Å². The Labute approximate surface area is 530 Å². The summed E-state index contributed by atoms with van der Waals surface area (Å²) in [6.07, 6.45) is 10.5. The van der Waals surface area contributed by atoms with Gasteiger partial charge in [0.2, 0.25) is 11.8 Å². The lowest BCUT2D eigenvalue weighted by molar-refractivity contribution is -0.386. The average Bonchev–Trinajstić information content (AvgIpc) is 2.90. The first-order chi connectivity index (χ1) is 43.4. The van der Waals surface area contributed by atoms with Gasteiger partial charge in [0.15, 0.2) is 34.0 Å². The van der Waals surface area contributed by atoms with Crippen LogP contribution in [0.4, 0.5) is 23.0 Å². The first kappa shape index (κ1) is 67.7. The molecule has 2 saturated heterocycles. The molecule has 2 aliphatic heterocycles. The highest BCUT2D eigenvalue weighted by Crippen LogP contribution is 2.38. The number of carbonyl (C=O) groups is 2. The van der Waals surface area contributed by atoms with Gasteiger partial charge in [-0.05, 0) is 96.9 Å². The summed E-state index contributed by atoms with van der Waals surface area (Å²) in [5.74, 6) is 1.92. The number of fused-ring (bicyclic) bond motifs is 2. The van der Waals surface area contributed by atoms with E-state index in [1.165, 1.54) is 44.4 Å². The van der Waals surface area contributed by atoms with E-state index >= 15 is 0 Å². The van der Waals surface area contributed by atoms with Crippen molar-refractivity contribution in [2.45, 2.75) is 133 Å². The molecule has 2 amide bonds. The number of hydrogen-bond donors (Lipinski definition) is 3. The van der Waals surface area contributed by atoms with E-state index < -0.39 is 34.5 Å². The Balaban J connectivity index is 0.000000208. The zero-order valence-corrected chi connectivity index (χ0v) is 52.9. The second-order valence-electron chi connectivity index (χ2n) is 20.0. The van der Waals surface area contributed by atoms with E-state index in [1.807, 2.05) is 47.9 Å². The number of amides is 2. The summed E-state index contributed by atoms with van der Waals surface area (Å²) in [5.41, 5.74) is 2.83. The summed E-state index contributed by atoms with van der Waals surface area (Å²) in [6.45, 7) is 11.9. The maximum Gasteiger partial charge on any atom is 0.274 e. The first-order valence-electron chi connectivity index (χ1n) is 29.1. The van der Waals surface area contributed by atoms with Crippen LogP contribution in [-0.4, -0.2) is 143 Å². The molecule has 2 aromatic carbocycles. The summed E-state index contributed by atoms with van der Waals surface area (Å²) in [4.78, 5) is 84.0. The topological polar surface area (TPSA) is 318 Å². The SMILES string of the molecule is CCN(CC)CC.CC[C@H]1O[C@@H](n2cnc3c(NC(=O)CCCSSc4ccccn4)ncnc32)C[C@H]1OCc1ccccc1[N+](=O)[O-].O=C(CCCSSc1ccccn1)Nc1ncnc2c1ncn2[C@H]1C[C@@H](OCc2ccccc2[N+](=O)[O-])[C@@H](CO)O1. The fourth-order valence-corrected chi connectivity index (χ4v) is 13.5. The summed E-state index contributed by atoms with van der Waals surface area (Å²) >= 11 is 0. The third-order valence-corrected chi connectivity index (χ3v) is 19.0. The van der Waals surface area contributed by atoms with E-state index in [0.29, 0.717) is 90.0 Å². The Hall–Kier alpha value is -7.26. The minimum absolute atomic E-state index is 0.00222. The number of para-hydroxylation sites is 2. The number of hydrogen-bond acceptors (Lipinski definition) is 24. The normalized spacial score (nSPS) is 17.9. The Morgan fingerprint density at radius 3 is 1.46 bits per heavy atom.